The van der Waals surface area contributed by atoms with Crippen LogP contribution in [0.4, 0.5) is 10.5 Å². The monoisotopic (exact) mass is 378 g/mol. The first-order chi connectivity index (χ1) is 13.4. The van der Waals surface area contributed by atoms with Crippen LogP contribution < -0.4 is 5.32 Å². The number of benzene rings is 1. The van der Waals surface area contributed by atoms with Crippen molar-refractivity contribution in [2.24, 2.45) is 0 Å². The Balaban J connectivity index is 1.40. The number of carbonyl (C=O) groups is 1. The Labute approximate surface area is 165 Å². The van der Waals surface area contributed by atoms with Gasteiger partial charge in [-0.15, -0.1) is 0 Å². The molecule has 3 aromatic rings. The molecule has 1 aliphatic heterocycles. The van der Waals surface area contributed by atoms with Gasteiger partial charge in [-0.05, 0) is 70.5 Å². The highest BCUT2D eigenvalue weighted by molar-refractivity contribution is 5.89. The molecule has 1 fully saturated rings. The molecule has 0 spiro atoms. The molecule has 0 aliphatic carbocycles. The zero-order valence-corrected chi connectivity index (χ0v) is 16.8. The van der Waals surface area contributed by atoms with Crippen molar-refractivity contribution < 1.29 is 4.79 Å². The molecule has 0 saturated carbocycles. The molecule has 1 aromatic carbocycles. The summed E-state index contributed by atoms with van der Waals surface area (Å²) >= 11 is 0. The average molecular weight is 378 g/mol. The first-order valence-electron chi connectivity index (χ1n) is 9.63. The van der Waals surface area contributed by atoms with Crippen molar-refractivity contribution in [1.82, 2.24) is 24.5 Å². The van der Waals surface area contributed by atoms with Crippen molar-refractivity contribution in [3.8, 4) is 5.69 Å². The summed E-state index contributed by atoms with van der Waals surface area (Å²) < 4.78 is 3.95. The second-order valence-electron chi connectivity index (χ2n) is 7.58. The average Bonchev–Trinajstić information content (AvgIpc) is 3.34. The fourth-order valence-corrected chi connectivity index (χ4v) is 3.92. The van der Waals surface area contributed by atoms with Gasteiger partial charge in [0.25, 0.3) is 0 Å². The van der Waals surface area contributed by atoms with Gasteiger partial charge in [-0.1, -0.05) is 0 Å². The lowest BCUT2D eigenvalue weighted by Crippen LogP contribution is -2.33. The number of amides is 2. The third kappa shape index (κ3) is 3.52. The minimum Gasteiger partial charge on any atom is -0.322 e. The first kappa shape index (κ1) is 18.3. The Kier molecular flexibility index (Phi) is 4.66. The Hall–Kier alpha value is -3.09. The molecule has 0 unspecified atom stereocenters. The lowest BCUT2D eigenvalue weighted by molar-refractivity contribution is 0.220. The molecular weight excluding hydrogens is 352 g/mol. The van der Waals surface area contributed by atoms with Crippen LogP contribution in [-0.2, 0) is 0 Å². The minimum atomic E-state index is -0.0668. The molecule has 7 heteroatoms. The van der Waals surface area contributed by atoms with Crippen molar-refractivity contribution in [3.63, 3.8) is 0 Å². The number of anilines is 1. The number of carbonyl (C=O) groups excluding carboxylic acids is 1. The number of nitrogens with one attached hydrogen (secondary N) is 1. The van der Waals surface area contributed by atoms with Crippen molar-refractivity contribution in [1.29, 1.82) is 0 Å². The summed E-state index contributed by atoms with van der Waals surface area (Å²) in [6.45, 7) is 9.48. The van der Waals surface area contributed by atoms with E-state index in [4.69, 9.17) is 0 Å². The molecule has 3 heterocycles. The third-order valence-corrected chi connectivity index (χ3v) is 5.21. The molecule has 28 heavy (non-hydrogen) atoms. The van der Waals surface area contributed by atoms with Gasteiger partial charge in [-0.25, -0.2) is 9.48 Å². The zero-order valence-electron chi connectivity index (χ0n) is 16.8. The number of nitrogens with zero attached hydrogens (tertiary/aromatic N) is 5. The van der Waals surface area contributed by atoms with Gasteiger partial charge in [-0.3, -0.25) is 4.68 Å². The van der Waals surface area contributed by atoms with E-state index in [0.717, 1.165) is 47.1 Å². The predicted molar refractivity (Wildman–Crippen MR) is 109 cm³/mol. The normalized spacial score (nSPS) is 16.6. The van der Waals surface area contributed by atoms with Gasteiger partial charge in [0.1, 0.15) is 0 Å². The van der Waals surface area contributed by atoms with Gasteiger partial charge >= 0.3 is 6.03 Å². The Bertz CT molecular complexity index is 1000. The van der Waals surface area contributed by atoms with Gasteiger partial charge in [0, 0.05) is 30.2 Å². The number of likely N-dealkylation sites (tertiary alicyclic amines) is 1. The summed E-state index contributed by atoms with van der Waals surface area (Å²) in [5.41, 5.74) is 5.99. The van der Waals surface area contributed by atoms with E-state index in [-0.39, 0.29) is 12.1 Å². The van der Waals surface area contributed by atoms with E-state index in [1.807, 2.05) is 65.4 Å². The summed E-state index contributed by atoms with van der Waals surface area (Å²) in [6.07, 6.45) is 0.923. The second kappa shape index (κ2) is 7.14. The molecule has 1 atom stereocenters. The van der Waals surface area contributed by atoms with Gasteiger partial charge in [0.05, 0.1) is 23.1 Å². The van der Waals surface area contributed by atoms with E-state index in [1.54, 1.807) is 0 Å². The van der Waals surface area contributed by atoms with Crippen molar-refractivity contribution in [3.05, 3.63) is 59.2 Å². The fourth-order valence-electron chi connectivity index (χ4n) is 3.92. The standard InChI is InChI=1S/C21H26N6O/c1-14-11-16(3)26(23-14)19-7-5-18(6-8-19)22-21(28)25-10-9-20(13-25)27-17(4)12-15(2)24-27/h5-8,11-12,20H,9-10,13H2,1-4H3,(H,22,28)/t20-/m1/s1. The van der Waals surface area contributed by atoms with Gasteiger partial charge in [0.2, 0.25) is 0 Å². The van der Waals surface area contributed by atoms with E-state index in [9.17, 15) is 4.79 Å². The van der Waals surface area contributed by atoms with Gasteiger partial charge < -0.3 is 10.2 Å². The maximum Gasteiger partial charge on any atom is 0.321 e. The van der Waals surface area contributed by atoms with E-state index in [2.05, 4.69) is 28.5 Å². The second-order valence-corrected chi connectivity index (χ2v) is 7.58. The Morgan fingerprint density at radius 2 is 1.68 bits per heavy atom. The van der Waals surface area contributed by atoms with E-state index in [1.165, 1.54) is 0 Å². The molecule has 1 N–H and O–H groups in total. The highest BCUT2D eigenvalue weighted by atomic mass is 16.2. The van der Waals surface area contributed by atoms with Crippen LogP contribution in [0.2, 0.25) is 0 Å². The molecule has 2 amide bonds. The molecule has 0 bridgehead atoms. The number of rotatable bonds is 3. The summed E-state index contributed by atoms with van der Waals surface area (Å²) in [5.74, 6) is 0. The molecule has 7 nitrogen and oxygen atoms in total. The molecule has 1 saturated heterocycles. The van der Waals surface area contributed by atoms with Crippen LogP contribution in [0.25, 0.3) is 5.69 Å². The molecule has 2 aromatic heterocycles. The van der Waals surface area contributed by atoms with Crippen molar-refractivity contribution in [2.75, 3.05) is 18.4 Å². The highest BCUT2D eigenvalue weighted by Gasteiger charge is 2.28. The summed E-state index contributed by atoms with van der Waals surface area (Å²) in [4.78, 5) is 14.5. The number of aryl methyl sites for hydroxylation is 4. The smallest absolute Gasteiger partial charge is 0.321 e. The van der Waals surface area contributed by atoms with Crippen LogP contribution in [0.3, 0.4) is 0 Å². The lowest BCUT2D eigenvalue weighted by Gasteiger charge is -2.18. The summed E-state index contributed by atoms with van der Waals surface area (Å²) in [5, 5.41) is 12.1. The van der Waals surface area contributed by atoms with Gasteiger partial charge in [-0.2, -0.15) is 10.2 Å². The first-order valence-corrected chi connectivity index (χ1v) is 9.63. The highest BCUT2D eigenvalue weighted by Crippen LogP contribution is 2.24. The van der Waals surface area contributed by atoms with Crippen LogP contribution in [0.15, 0.2) is 36.4 Å². The Morgan fingerprint density at radius 3 is 2.29 bits per heavy atom. The molecule has 0 radical (unpaired) electrons. The van der Waals surface area contributed by atoms with Gasteiger partial charge in [0.15, 0.2) is 0 Å². The summed E-state index contributed by atoms with van der Waals surface area (Å²) in [6, 6.07) is 12.1. The molecular formula is C21H26N6O. The van der Waals surface area contributed by atoms with Crippen LogP contribution in [-0.4, -0.2) is 43.6 Å². The number of urea groups is 1. The predicted octanol–water partition coefficient (Wildman–Crippen LogP) is 3.78. The van der Waals surface area contributed by atoms with E-state index in [0.29, 0.717) is 6.54 Å². The zero-order chi connectivity index (χ0) is 19.8. The fraction of sp³-hybridized carbons (Fsp3) is 0.381. The number of aromatic nitrogens is 4. The number of hydrogen-bond acceptors (Lipinski definition) is 3. The molecule has 4 rings (SSSR count). The maximum absolute atomic E-state index is 12.7. The maximum atomic E-state index is 12.7. The van der Waals surface area contributed by atoms with E-state index >= 15 is 0 Å². The molecule has 1 aliphatic rings. The van der Waals surface area contributed by atoms with Crippen molar-refractivity contribution >= 4 is 11.7 Å². The summed E-state index contributed by atoms with van der Waals surface area (Å²) in [7, 11) is 0. The topological polar surface area (TPSA) is 68.0 Å². The number of hydrogen-bond donors (Lipinski definition) is 1. The van der Waals surface area contributed by atoms with Crippen molar-refractivity contribution in [2.45, 2.75) is 40.2 Å². The third-order valence-electron chi connectivity index (χ3n) is 5.21. The van der Waals surface area contributed by atoms with Crippen LogP contribution >= 0.6 is 0 Å². The quantitative estimate of drug-likeness (QED) is 0.754. The SMILES string of the molecule is Cc1cc(C)n(-c2ccc(NC(=O)N3CC[C@@H](n4nc(C)cc4C)C3)cc2)n1. The lowest BCUT2D eigenvalue weighted by atomic mass is 10.2. The minimum absolute atomic E-state index is 0.0668. The Morgan fingerprint density at radius 1 is 1.00 bits per heavy atom. The van der Waals surface area contributed by atoms with Crippen LogP contribution in [0, 0.1) is 27.7 Å². The van der Waals surface area contributed by atoms with E-state index < -0.39 is 0 Å². The van der Waals surface area contributed by atoms with Crippen LogP contribution in [0.5, 0.6) is 0 Å². The largest absolute Gasteiger partial charge is 0.322 e. The molecule has 146 valence electrons. The van der Waals surface area contributed by atoms with Crippen LogP contribution in [0.1, 0.15) is 35.2 Å².